The zero-order chi connectivity index (χ0) is 13.0. The van der Waals surface area contributed by atoms with Crippen molar-refractivity contribution in [1.82, 2.24) is 15.0 Å². The zero-order valence-corrected chi connectivity index (χ0v) is 11.5. The topological polar surface area (TPSA) is 53.6 Å². The number of imidazole rings is 1. The maximum absolute atomic E-state index is 4.65. The van der Waals surface area contributed by atoms with Gasteiger partial charge in [-0.05, 0) is 25.0 Å². The lowest BCUT2D eigenvalue weighted by molar-refractivity contribution is 0.539. The van der Waals surface area contributed by atoms with Gasteiger partial charge in [0.25, 0.3) is 0 Å². The van der Waals surface area contributed by atoms with Crippen molar-refractivity contribution in [1.29, 1.82) is 0 Å². The number of hydrogen-bond donors (Lipinski definition) is 2. The Hall–Kier alpha value is -1.58. The van der Waals surface area contributed by atoms with Gasteiger partial charge in [-0.15, -0.1) is 0 Å². The molecule has 4 heteroatoms. The average molecular weight is 246 g/mol. The van der Waals surface area contributed by atoms with Crippen LogP contribution >= 0.6 is 0 Å². The van der Waals surface area contributed by atoms with Crippen LogP contribution in [0.25, 0.3) is 11.2 Å². The molecular weight excluding hydrogens is 224 g/mol. The average Bonchev–Trinajstić information content (AvgIpc) is 2.81. The quantitative estimate of drug-likeness (QED) is 0.817. The van der Waals surface area contributed by atoms with Crippen molar-refractivity contribution in [3.8, 4) is 0 Å². The lowest BCUT2D eigenvalue weighted by Gasteiger charge is -2.11. The van der Waals surface area contributed by atoms with Crippen LogP contribution in [0.4, 0.5) is 5.82 Å². The van der Waals surface area contributed by atoms with Crippen LogP contribution in [0.5, 0.6) is 0 Å². The van der Waals surface area contributed by atoms with E-state index in [2.05, 4.69) is 34.1 Å². The first-order chi connectivity index (χ1) is 8.78. The predicted octanol–water partition coefficient (Wildman–Crippen LogP) is 3.68. The van der Waals surface area contributed by atoms with E-state index in [1.54, 1.807) is 0 Å². The molecule has 0 bridgehead atoms. The molecule has 98 valence electrons. The minimum atomic E-state index is 0.534. The van der Waals surface area contributed by atoms with Crippen molar-refractivity contribution in [2.45, 2.75) is 45.4 Å². The van der Waals surface area contributed by atoms with Crippen LogP contribution in [0.15, 0.2) is 12.1 Å². The highest BCUT2D eigenvalue weighted by molar-refractivity contribution is 5.72. The monoisotopic (exact) mass is 246 g/mol. The van der Waals surface area contributed by atoms with Crippen LogP contribution < -0.4 is 5.32 Å². The number of aromatic amines is 1. The van der Waals surface area contributed by atoms with Gasteiger partial charge < -0.3 is 10.3 Å². The number of nitrogens with one attached hydrogen (secondary N) is 2. The summed E-state index contributed by atoms with van der Waals surface area (Å²) in [6.07, 6.45) is 4.76. The van der Waals surface area contributed by atoms with Gasteiger partial charge in [0.2, 0.25) is 0 Å². The van der Waals surface area contributed by atoms with E-state index in [0.29, 0.717) is 5.92 Å². The first kappa shape index (κ1) is 12.9. The van der Waals surface area contributed by atoms with Gasteiger partial charge in [0.05, 0.1) is 5.52 Å². The van der Waals surface area contributed by atoms with Gasteiger partial charge in [-0.25, -0.2) is 9.97 Å². The second-order valence-electron chi connectivity index (χ2n) is 4.71. The summed E-state index contributed by atoms with van der Waals surface area (Å²) in [5, 5.41) is 3.04. The van der Waals surface area contributed by atoms with Gasteiger partial charge in [-0.1, -0.05) is 26.7 Å². The minimum Gasteiger partial charge on any atom is -0.373 e. The largest absolute Gasteiger partial charge is 0.373 e. The molecule has 0 unspecified atom stereocenters. The number of fused-ring (bicyclic) bond motifs is 1. The molecule has 0 saturated carbocycles. The predicted molar refractivity (Wildman–Crippen MR) is 76.0 cm³/mol. The third-order valence-electron chi connectivity index (χ3n) is 3.28. The summed E-state index contributed by atoms with van der Waals surface area (Å²) in [5.41, 5.74) is 1.84. The number of nitrogens with zero attached hydrogens (tertiary/aromatic N) is 2. The fourth-order valence-corrected chi connectivity index (χ4v) is 2.36. The van der Waals surface area contributed by atoms with E-state index in [1.165, 1.54) is 25.7 Å². The first-order valence-electron chi connectivity index (χ1n) is 6.82. The lowest BCUT2D eigenvalue weighted by Crippen LogP contribution is -2.00. The summed E-state index contributed by atoms with van der Waals surface area (Å²) in [7, 11) is 1.87. The highest BCUT2D eigenvalue weighted by Crippen LogP contribution is 2.25. The van der Waals surface area contributed by atoms with E-state index in [-0.39, 0.29) is 0 Å². The third kappa shape index (κ3) is 2.63. The van der Waals surface area contributed by atoms with E-state index in [0.717, 1.165) is 22.8 Å². The van der Waals surface area contributed by atoms with E-state index >= 15 is 0 Å². The molecule has 2 N–H and O–H groups in total. The summed E-state index contributed by atoms with van der Waals surface area (Å²) in [6.45, 7) is 4.45. The van der Waals surface area contributed by atoms with Crippen molar-refractivity contribution in [2.24, 2.45) is 0 Å². The summed E-state index contributed by atoms with van der Waals surface area (Å²) in [6, 6.07) is 4.01. The molecule has 4 nitrogen and oxygen atoms in total. The SMILES string of the molecule is CCCC(CCC)c1nc2nc(NC)ccc2[nH]1. The second-order valence-corrected chi connectivity index (χ2v) is 4.71. The molecule has 0 aliphatic carbocycles. The molecule has 0 spiro atoms. The Labute approximate surface area is 108 Å². The number of rotatable bonds is 6. The molecule has 2 aromatic rings. The maximum atomic E-state index is 4.65. The minimum absolute atomic E-state index is 0.534. The molecule has 2 heterocycles. The van der Waals surface area contributed by atoms with Gasteiger partial charge >= 0.3 is 0 Å². The molecule has 0 atom stereocenters. The fourth-order valence-electron chi connectivity index (χ4n) is 2.36. The molecule has 0 fully saturated rings. The molecule has 2 rings (SSSR count). The van der Waals surface area contributed by atoms with E-state index in [4.69, 9.17) is 0 Å². The van der Waals surface area contributed by atoms with Crippen LogP contribution in [-0.4, -0.2) is 22.0 Å². The summed E-state index contributed by atoms with van der Waals surface area (Å²) in [4.78, 5) is 12.5. The Bertz CT molecular complexity index is 497. The Balaban J connectivity index is 2.32. The Morgan fingerprint density at radius 2 is 1.89 bits per heavy atom. The molecule has 2 aromatic heterocycles. The normalized spacial score (nSPS) is 11.3. The van der Waals surface area contributed by atoms with Crippen molar-refractivity contribution in [3.05, 3.63) is 18.0 Å². The fraction of sp³-hybridized carbons (Fsp3) is 0.571. The molecular formula is C14H22N4. The van der Waals surface area contributed by atoms with Gasteiger partial charge in [0.1, 0.15) is 11.6 Å². The number of aromatic nitrogens is 3. The van der Waals surface area contributed by atoms with E-state index in [9.17, 15) is 0 Å². The standard InChI is InChI=1S/C14H22N4/c1-4-6-10(7-5-2)13-16-11-8-9-12(15-3)17-14(11)18-13/h8-10H,4-7H2,1-3H3,(H2,15,16,17,18). The Kier molecular flexibility index (Phi) is 4.18. The smallest absolute Gasteiger partial charge is 0.179 e. The molecule has 0 aliphatic rings. The molecule has 0 saturated heterocycles. The second kappa shape index (κ2) is 5.85. The Morgan fingerprint density at radius 3 is 2.50 bits per heavy atom. The Morgan fingerprint density at radius 1 is 1.17 bits per heavy atom. The third-order valence-corrected chi connectivity index (χ3v) is 3.28. The number of anilines is 1. The van der Waals surface area contributed by atoms with Gasteiger partial charge in [-0.2, -0.15) is 0 Å². The summed E-state index contributed by atoms with van der Waals surface area (Å²) < 4.78 is 0. The maximum Gasteiger partial charge on any atom is 0.179 e. The van der Waals surface area contributed by atoms with Crippen LogP contribution in [0.3, 0.4) is 0 Å². The lowest BCUT2D eigenvalue weighted by atomic mass is 9.98. The molecule has 0 aliphatic heterocycles. The van der Waals surface area contributed by atoms with Crippen LogP contribution in [0.1, 0.15) is 51.3 Å². The number of pyridine rings is 1. The molecule has 0 aromatic carbocycles. The number of hydrogen-bond acceptors (Lipinski definition) is 3. The molecule has 0 radical (unpaired) electrons. The highest BCUT2D eigenvalue weighted by atomic mass is 15.0. The van der Waals surface area contributed by atoms with Crippen molar-refractivity contribution < 1.29 is 0 Å². The van der Waals surface area contributed by atoms with Gasteiger partial charge in [-0.3, -0.25) is 0 Å². The van der Waals surface area contributed by atoms with E-state index < -0.39 is 0 Å². The molecule has 18 heavy (non-hydrogen) atoms. The van der Waals surface area contributed by atoms with E-state index in [1.807, 2.05) is 19.2 Å². The van der Waals surface area contributed by atoms with Crippen LogP contribution in [0, 0.1) is 0 Å². The first-order valence-corrected chi connectivity index (χ1v) is 6.82. The van der Waals surface area contributed by atoms with Gasteiger partial charge in [0.15, 0.2) is 5.65 Å². The highest BCUT2D eigenvalue weighted by Gasteiger charge is 2.14. The number of H-pyrrole nitrogens is 1. The summed E-state index contributed by atoms with van der Waals surface area (Å²) in [5.74, 6) is 2.49. The van der Waals surface area contributed by atoms with Crippen molar-refractivity contribution in [2.75, 3.05) is 12.4 Å². The van der Waals surface area contributed by atoms with Crippen LogP contribution in [-0.2, 0) is 0 Å². The van der Waals surface area contributed by atoms with Crippen LogP contribution in [0.2, 0.25) is 0 Å². The van der Waals surface area contributed by atoms with Crippen molar-refractivity contribution in [3.63, 3.8) is 0 Å². The summed E-state index contributed by atoms with van der Waals surface area (Å²) >= 11 is 0. The van der Waals surface area contributed by atoms with Gasteiger partial charge in [0, 0.05) is 13.0 Å². The molecule has 0 amide bonds. The van der Waals surface area contributed by atoms with Crippen molar-refractivity contribution >= 4 is 17.0 Å². The zero-order valence-electron chi connectivity index (χ0n) is 11.5.